The number of anilines is 1. The summed E-state index contributed by atoms with van der Waals surface area (Å²) in [6.07, 6.45) is 3.98. The van der Waals surface area contributed by atoms with Crippen LogP contribution in [0.4, 0.5) is 5.69 Å². The van der Waals surface area contributed by atoms with E-state index in [1.54, 1.807) is 35.1 Å². The van der Waals surface area contributed by atoms with Gasteiger partial charge in [0.1, 0.15) is 10.5 Å². The van der Waals surface area contributed by atoms with Gasteiger partial charge in [-0.15, -0.1) is 22.7 Å². The highest BCUT2D eigenvalue weighted by Crippen LogP contribution is 2.34. The van der Waals surface area contributed by atoms with Gasteiger partial charge in [0.05, 0.1) is 15.8 Å². The minimum Gasteiger partial charge on any atom is -0.378 e. The number of ketones is 1. The monoisotopic (exact) mass is 379 g/mol. The van der Waals surface area contributed by atoms with Crippen molar-refractivity contribution in [1.29, 1.82) is 0 Å². The van der Waals surface area contributed by atoms with Gasteiger partial charge in [0.15, 0.2) is 5.78 Å². The molecule has 0 atom stereocenters. The van der Waals surface area contributed by atoms with E-state index in [0.29, 0.717) is 6.42 Å². The predicted molar refractivity (Wildman–Crippen MR) is 110 cm³/mol. The number of nitrogens with zero attached hydrogens (tertiary/aromatic N) is 3. The van der Waals surface area contributed by atoms with Crippen molar-refractivity contribution in [3.05, 3.63) is 65.3 Å². The predicted octanol–water partition coefficient (Wildman–Crippen LogP) is 4.91. The molecule has 4 aromatic rings. The zero-order valence-corrected chi connectivity index (χ0v) is 16.1. The van der Waals surface area contributed by atoms with Crippen LogP contribution in [0.3, 0.4) is 0 Å². The molecule has 3 aromatic heterocycles. The Kier molecular flexibility index (Phi) is 4.53. The minimum absolute atomic E-state index is 0.135. The molecule has 0 saturated heterocycles. The maximum Gasteiger partial charge on any atom is 0.168 e. The minimum atomic E-state index is 0.135. The van der Waals surface area contributed by atoms with Crippen molar-refractivity contribution in [2.45, 2.75) is 6.42 Å². The second kappa shape index (κ2) is 6.97. The number of hydrogen-bond donors (Lipinski definition) is 0. The molecule has 0 fully saturated rings. The standard InChI is InChI=1S/C20H17N3OS2/c1-23(2)14-5-3-4-13(10-14)17(24)11-15-6-7-19(25-15)20-22-16-12-21-9-8-18(16)26-20/h3-10,12H,11H2,1-2H3. The van der Waals surface area contributed by atoms with E-state index in [4.69, 9.17) is 0 Å². The summed E-state index contributed by atoms with van der Waals surface area (Å²) >= 11 is 3.28. The molecule has 0 aliphatic heterocycles. The zero-order valence-electron chi connectivity index (χ0n) is 14.5. The number of fused-ring (bicyclic) bond motifs is 1. The van der Waals surface area contributed by atoms with Crippen LogP contribution in [0.15, 0.2) is 54.9 Å². The molecule has 0 aliphatic rings. The number of thiophene rings is 1. The number of carbonyl (C=O) groups is 1. The fourth-order valence-electron chi connectivity index (χ4n) is 2.69. The highest BCUT2D eigenvalue weighted by atomic mass is 32.1. The molecule has 4 nitrogen and oxygen atoms in total. The lowest BCUT2D eigenvalue weighted by atomic mass is 10.1. The van der Waals surface area contributed by atoms with Gasteiger partial charge in [0.2, 0.25) is 0 Å². The van der Waals surface area contributed by atoms with Crippen LogP contribution in [0.1, 0.15) is 15.2 Å². The number of rotatable bonds is 5. The van der Waals surface area contributed by atoms with Crippen molar-refractivity contribution >= 4 is 44.4 Å². The van der Waals surface area contributed by atoms with Gasteiger partial charge in [0, 0.05) is 42.8 Å². The molecule has 6 heteroatoms. The summed E-state index contributed by atoms with van der Waals surface area (Å²) in [6, 6.07) is 13.8. The molecule has 0 spiro atoms. The van der Waals surface area contributed by atoms with Gasteiger partial charge < -0.3 is 4.90 Å². The van der Waals surface area contributed by atoms with Gasteiger partial charge in [-0.25, -0.2) is 4.98 Å². The summed E-state index contributed by atoms with van der Waals surface area (Å²) in [4.78, 5) is 25.5. The van der Waals surface area contributed by atoms with Gasteiger partial charge in [-0.3, -0.25) is 9.78 Å². The Morgan fingerprint density at radius 2 is 2.00 bits per heavy atom. The van der Waals surface area contributed by atoms with Crippen LogP contribution in [0.5, 0.6) is 0 Å². The number of hydrogen-bond acceptors (Lipinski definition) is 6. The second-order valence-electron chi connectivity index (χ2n) is 6.17. The van der Waals surface area contributed by atoms with E-state index in [0.717, 1.165) is 36.2 Å². The van der Waals surface area contributed by atoms with Crippen LogP contribution in [0.2, 0.25) is 0 Å². The van der Waals surface area contributed by atoms with Crippen molar-refractivity contribution < 1.29 is 4.79 Å². The SMILES string of the molecule is CN(C)c1cccc(C(=O)Cc2ccc(-c3nc4cnccc4s3)s2)c1. The lowest BCUT2D eigenvalue weighted by Gasteiger charge is -2.13. The number of benzene rings is 1. The number of pyridine rings is 1. The Hall–Kier alpha value is -2.57. The van der Waals surface area contributed by atoms with E-state index in [1.165, 1.54) is 0 Å². The lowest BCUT2D eigenvalue weighted by molar-refractivity contribution is 0.0994. The molecule has 0 unspecified atom stereocenters. The number of carbonyl (C=O) groups excluding carboxylic acids is 1. The van der Waals surface area contributed by atoms with Gasteiger partial charge >= 0.3 is 0 Å². The molecule has 0 radical (unpaired) electrons. The van der Waals surface area contributed by atoms with E-state index in [-0.39, 0.29) is 5.78 Å². The summed E-state index contributed by atoms with van der Waals surface area (Å²) < 4.78 is 1.13. The van der Waals surface area contributed by atoms with E-state index in [2.05, 4.69) is 16.0 Å². The van der Waals surface area contributed by atoms with E-state index < -0.39 is 0 Å². The summed E-state index contributed by atoms with van der Waals surface area (Å²) in [7, 11) is 3.95. The molecule has 0 bridgehead atoms. The Morgan fingerprint density at radius 3 is 2.81 bits per heavy atom. The average Bonchev–Trinajstić information content (AvgIpc) is 3.28. The first-order valence-electron chi connectivity index (χ1n) is 8.20. The van der Waals surface area contributed by atoms with E-state index in [1.807, 2.05) is 55.4 Å². The van der Waals surface area contributed by atoms with Crippen LogP contribution in [-0.4, -0.2) is 29.8 Å². The van der Waals surface area contributed by atoms with Crippen LogP contribution < -0.4 is 4.90 Å². The fraction of sp³-hybridized carbons (Fsp3) is 0.150. The first-order chi connectivity index (χ1) is 12.6. The third-order valence-corrected chi connectivity index (χ3v) is 6.37. The molecule has 0 saturated carbocycles. The molecule has 26 heavy (non-hydrogen) atoms. The van der Waals surface area contributed by atoms with Crippen LogP contribution >= 0.6 is 22.7 Å². The summed E-state index contributed by atoms with van der Waals surface area (Å²) in [5.74, 6) is 0.135. The van der Waals surface area contributed by atoms with Crippen LogP contribution in [0.25, 0.3) is 20.1 Å². The third-order valence-electron chi connectivity index (χ3n) is 4.08. The Balaban J connectivity index is 1.54. The van der Waals surface area contributed by atoms with Crippen molar-refractivity contribution in [3.8, 4) is 9.88 Å². The summed E-state index contributed by atoms with van der Waals surface area (Å²) in [5, 5.41) is 0.978. The molecular weight excluding hydrogens is 362 g/mol. The normalized spacial score (nSPS) is 11.0. The number of aromatic nitrogens is 2. The largest absolute Gasteiger partial charge is 0.378 e. The van der Waals surface area contributed by atoms with Crippen molar-refractivity contribution in [1.82, 2.24) is 9.97 Å². The molecule has 3 heterocycles. The Morgan fingerprint density at radius 1 is 1.12 bits per heavy atom. The van der Waals surface area contributed by atoms with E-state index >= 15 is 0 Å². The smallest absolute Gasteiger partial charge is 0.168 e. The first kappa shape index (κ1) is 16.9. The third kappa shape index (κ3) is 3.38. The van der Waals surface area contributed by atoms with Gasteiger partial charge in [-0.2, -0.15) is 0 Å². The Bertz CT molecular complexity index is 1050. The fourth-order valence-corrected chi connectivity index (χ4v) is 4.68. The zero-order chi connectivity index (χ0) is 18.1. The molecule has 4 rings (SSSR count). The average molecular weight is 380 g/mol. The molecular formula is C20H17N3OS2. The highest BCUT2D eigenvalue weighted by Gasteiger charge is 2.13. The number of Topliss-reactive ketones (excluding diaryl/α,β-unsaturated/α-hetero) is 1. The second-order valence-corrected chi connectivity index (χ2v) is 8.37. The maximum absolute atomic E-state index is 12.6. The summed E-state index contributed by atoms with van der Waals surface area (Å²) in [6.45, 7) is 0. The lowest BCUT2D eigenvalue weighted by Crippen LogP contribution is -2.10. The topological polar surface area (TPSA) is 46.1 Å². The summed E-state index contributed by atoms with van der Waals surface area (Å²) in [5.41, 5.74) is 2.70. The van der Waals surface area contributed by atoms with Crippen molar-refractivity contribution in [3.63, 3.8) is 0 Å². The van der Waals surface area contributed by atoms with Gasteiger partial charge in [0.25, 0.3) is 0 Å². The molecule has 130 valence electrons. The molecule has 0 aliphatic carbocycles. The molecule has 0 N–H and O–H groups in total. The van der Waals surface area contributed by atoms with E-state index in [9.17, 15) is 4.79 Å². The van der Waals surface area contributed by atoms with Crippen molar-refractivity contribution in [2.24, 2.45) is 0 Å². The van der Waals surface area contributed by atoms with Gasteiger partial charge in [-0.05, 0) is 30.3 Å². The Labute approximate surface area is 159 Å². The van der Waals surface area contributed by atoms with Gasteiger partial charge in [-0.1, -0.05) is 12.1 Å². The molecule has 0 amide bonds. The number of thiazole rings is 1. The highest BCUT2D eigenvalue weighted by molar-refractivity contribution is 7.25. The van der Waals surface area contributed by atoms with Crippen LogP contribution in [-0.2, 0) is 6.42 Å². The van der Waals surface area contributed by atoms with Crippen molar-refractivity contribution in [2.75, 3.05) is 19.0 Å². The quantitative estimate of drug-likeness (QED) is 0.462. The maximum atomic E-state index is 12.6. The first-order valence-corrected chi connectivity index (χ1v) is 9.84. The molecule has 1 aromatic carbocycles. The van der Waals surface area contributed by atoms with Crippen LogP contribution in [0, 0.1) is 0 Å².